The molecule has 0 aliphatic carbocycles. The molecule has 0 fully saturated rings. The Labute approximate surface area is 109 Å². The van der Waals surface area contributed by atoms with Gasteiger partial charge in [-0.05, 0) is 30.7 Å². The van der Waals surface area contributed by atoms with Gasteiger partial charge in [0.15, 0.2) is 0 Å². The minimum atomic E-state index is -0.584. The van der Waals surface area contributed by atoms with Crippen LogP contribution in [0.15, 0.2) is 36.5 Å². The Morgan fingerprint density at radius 1 is 1.33 bits per heavy atom. The van der Waals surface area contributed by atoms with E-state index in [1.165, 1.54) is 18.3 Å². The molecule has 18 heavy (non-hydrogen) atoms. The Bertz CT molecular complexity index is 543. The highest BCUT2D eigenvalue weighted by Crippen LogP contribution is 2.24. The molecule has 0 unspecified atom stereocenters. The summed E-state index contributed by atoms with van der Waals surface area (Å²) in [6.45, 7) is 1.64. The zero-order valence-corrected chi connectivity index (χ0v) is 10.4. The predicted molar refractivity (Wildman–Crippen MR) is 66.4 cm³/mol. The van der Waals surface area contributed by atoms with Gasteiger partial charge >= 0.3 is 0 Å². The first kappa shape index (κ1) is 12.8. The molecule has 2 rings (SSSR count). The third-order valence-corrected chi connectivity index (χ3v) is 2.66. The second-order valence-electron chi connectivity index (χ2n) is 3.78. The number of hydrogen-bond donors (Lipinski definition) is 1. The molecule has 2 aromatic rings. The molecule has 5 heteroatoms. The summed E-state index contributed by atoms with van der Waals surface area (Å²) in [6, 6.07) is 7.45. The van der Waals surface area contributed by atoms with Crippen LogP contribution >= 0.6 is 11.6 Å². The lowest BCUT2D eigenvalue weighted by molar-refractivity contribution is 0.198. The van der Waals surface area contributed by atoms with E-state index in [2.05, 4.69) is 4.98 Å². The molecule has 0 radical (unpaired) electrons. The van der Waals surface area contributed by atoms with Crippen LogP contribution in [0.2, 0.25) is 5.02 Å². The van der Waals surface area contributed by atoms with E-state index in [1.54, 1.807) is 25.1 Å². The number of nitrogens with zero attached hydrogens (tertiary/aromatic N) is 1. The second-order valence-corrected chi connectivity index (χ2v) is 4.19. The van der Waals surface area contributed by atoms with Crippen molar-refractivity contribution in [1.82, 2.24) is 4.98 Å². The van der Waals surface area contributed by atoms with Gasteiger partial charge < -0.3 is 9.84 Å². The first-order valence-corrected chi connectivity index (χ1v) is 5.71. The number of aromatic nitrogens is 1. The zero-order valence-electron chi connectivity index (χ0n) is 9.60. The molecule has 1 aromatic carbocycles. The lowest BCUT2D eigenvalue weighted by Crippen LogP contribution is -1.94. The molecule has 1 N–H and O–H groups in total. The van der Waals surface area contributed by atoms with Crippen LogP contribution < -0.4 is 4.74 Å². The summed E-state index contributed by atoms with van der Waals surface area (Å²) in [6.07, 6.45) is 0.922. The van der Waals surface area contributed by atoms with Crippen LogP contribution in [0.5, 0.6) is 11.6 Å². The van der Waals surface area contributed by atoms with Gasteiger partial charge in [0.2, 0.25) is 5.88 Å². The van der Waals surface area contributed by atoms with Crippen molar-refractivity contribution < 1.29 is 14.2 Å². The molecule has 0 saturated heterocycles. The van der Waals surface area contributed by atoms with Crippen LogP contribution in [0, 0.1) is 5.82 Å². The number of aliphatic hydroxyl groups excluding tert-OH is 1. The topological polar surface area (TPSA) is 42.4 Å². The van der Waals surface area contributed by atoms with Gasteiger partial charge in [-0.3, -0.25) is 0 Å². The second kappa shape index (κ2) is 5.33. The maximum Gasteiger partial charge on any atom is 0.219 e. The van der Waals surface area contributed by atoms with Gasteiger partial charge in [0, 0.05) is 18.3 Å². The number of ether oxygens (including phenoxy) is 1. The van der Waals surface area contributed by atoms with Crippen LogP contribution in [0.3, 0.4) is 0 Å². The molecule has 0 amide bonds. The van der Waals surface area contributed by atoms with Crippen LogP contribution in [0.1, 0.15) is 18.6 Å². The summed E-state index contributed by atoms with van der Waals surface area (Å²) in [7, 11) is 0. The van der Waals surface area contributed by atoms with Gasteiger partial charge in [0.1, 0.15) is 11.6 Å². The Balaban J connectivity index is 2.15. The Kier molecular flexibility index (Phi) is 3.79. The first-order valence-electron chi connectivity index (χ1n) is 5.33. The van der Waals surface area contributed by atoms with E-state index < -0.39 is 11.9 Å². The smallest absolute Gasteiger partial charge is 0.219 e. The van der Waals surface area contributed by atoms with Crippen molar-refractivity contribution in [3.05, 3.63) is 52.9 Å². The van der Waals surface area contributed by atoms with E-state index in [9.17, 15) is 9.50 Å². The van der Waals surface area contributed by atoms with E-state index in [4.69, 9.17) is 16.3 Å². The minimum Gasteiger partial charge on any atom is -0.439 e. The Morgan fingerprint density at radius 2 is 2.11 bits per heavy atom. The van der Waals surface area contributed by atoms with Crippen LogP contribution in [-0.2, 0) is 0 Å². The number of benzene rings is 1. The summed E-state index contributed by atoms with van der Waals surface area (Å²) in [4.78, 5) is 4.01. The van der Waals surface area contributed by atoms with Gasteiger partial charge in [-0.1, -0.05) is 11.6 Å². The summed E-state index contributed by atoms with van der Waals surface area (Å²) >= 11 is 5.57. The van der Waals surface area contributed by atoms with Crippen molar-refractivity contribution in [3.63, 3.8) is 0 Å². The maximum absolute atomic E-state index is 13.2. The lowest BCUT2D eigenvalue weighted by Gasteiger charge is -2.07. The molecule has 1 aromatic heterocycles. The van der Waals surface area contributed by atoms with Crippen molar-refractivity contribution in [1.29, 1.82) is 0 Å². The molecule has 1 atom stereocenters. The number of halogens is 2. The van der Waals surface area contributed by atoms with E-state index in [1.807, 2.05) is 0 Å². The quantitative estimate of drug-likeness (QED) is 0.922. The van der Waals surface area contributed by atoms with Crippen molar-refractivity contribution in [2.45, 2.75) is 13.0 Å². The highest BCUT2D eigenvalue weighted by Gasteiger charge is 2.05. The van der Waals surface area contributed by atoms with Crippen LogP contribution in [0.4, 0.5) is 4.39 Å². The summed E-state index contributed by atoms with van der Waals surface area (Å²) in [5.41, 5.74) is 0.685. The summed E-state index contributed by atoms with van der Waals surface area (Å²) in [5.74, 6) is 0.0880. The minimum absolute atomic E-state index is 0.0414. The monoisotopic (exact) mass is 267 g/mol. The van der Waals surface area contributed by atoms with Crippen LogP contribution in [-0.4, -0.2) is 10.1 Å². The van der Waals surface area contributed by atoms with Crippen molar-refractivity contribution in [2.24, 2.45) is 0 Å². The first-order chi connectivity index (χ1) is 8.56. The number of hydrogen-bond acceptors (Lipinski definition) is 3. The largest absolute Gasteiger partial charge is 0.439 e. The molecule has 1 heterocycles. The highest BCUT2D eigenvalue weighted by atomic mass is 35.5. The van der Waals surface area contributed by atoms with E-state index in [-0.39, 0.29) is 5.02 Å². The molecule has 0 aliphatic rings. The fourth-order valence-corrected chi connectivity index (χ4v) is 1.48. The summed E-state index contributed by atoms with van der Waals surface area (Å²) < 4.78 is 18.5. The molecule has 0 spiro atoms. The lowest BCUT2D eigenvalue weighted by atomic mass is 10.2. The average molecular weight is 268 g/mol. The fourth-order valence-electron chi connectivity index (χ4n) is 1.36. The Morgan fingerprint density at radius 3 is 2.67 bits per heavy atom. The van der Waals surface area contributed by atoms with Gasteiger partial charge in [-0.25, -0.2) is 9.37 Å². The van der Waals surface area contributed by atoms with E-state index >= 15 is 0 Å². The molecule has 94 valence electrons. The maximum atomic E-state index is 13.2. The SMILES string of the molecule is C[C@H](O)c1ccc(Oc2ccc(Cl)c(F)c2)nc1. The normalized spacial score (nSPS) is 12.2. The van der Waals surface area contributed by atoms with Gasteiger partial charge in [0.05, 0.1) is 11.1 Å². The molecule has 0 bridgehead atoms. The van der Waals surface area contributed by atoms with Crippen molar-refractivity contribution >= 4 is 11.6 Å². The highest BCUT2D eigenvalue weighted by molar-refractivity contribution is 6.30. The molecular formula is C13H11ClFNO2. The summed E-state index contributed by atoms with van der Waals surface area (Å²) in [5, 5.41) is 9.37. The number of pyridine rings is 1. The molecular weight excluding hydrogens is 257 g/mol. The van der Waals surface area contributed by atoms with Crippen LogP contribution in [0.25, 0.3) is 0 Å². The average Bonchev–Trinajstić information content (AvgIpc) is 2.34. The molecule has 0 saturated carbocycles. The van der Waals surface area contributed by atoms with Gasteiger partial charge in [0.25, 0.3) is 0 Å². The Hall–Kier alpha value is -1.65. The van der Waals surface area contributed by atoms with Gasteiger partial charge in [-0.15, -0.1) is 0 Å². The number of aliphatic hydroxyl groups is 1. The predicted octanol–water partition coefficient (Wildman–Crippen LogP) is 3.72. The third kappa shape index (κ3) is 2.97. The van der Waals surface area contributed by atoms with Crippen molar-refractivity contribution in [2.75, 3.05) is 0 Å². The third-order valence-electron chi connectivity index (χ3n) is 2.36. The van der Waals surface area contributed by atoms with Crippen molar-refractivity contribution in [3.8, 4) is 11.6 Å². The van der Waals surface area contributed by atoms with E-state index in [0.29, 0.717) is 17.2 Å². The number of rotatable bonds is 3. The fraction of sp³-hybridized carbons (Fsp3) is 0.154. The molecule has 0 aliphatic heterocycles. The van der Waals surface area contributed by atoms with E-state index in [0.717, 1.165) is 0 Å². The standard InChI is InChI=1S/C13H11ClFNO2/c1-8(17)9-2-5-13(16-7-9)18-10-3-4-11(14)12(15)6-10/h2-8,17H,1H3/t8-/m0/s1. The zero-order chi connectivity index (χ0) is 13.1. The van der Waals surface area contributed by atoms with Gasteiger partial charge in [-0.2, -0.15) is 0 Å². The molecule has 3 nitrogen and oxygen atoms in total.